The molecule has 0 saturated heterocycles. The molecule has 0 fully saturated rings. The first-order chi connectivity index (χ1) is 22.4. The number of anilines is 2. The second kappa shape index (κ2) is 22.9. The van der Waals surface area contributed by atoms with Gasteiger partial charge in [0.15, 0.2) is 12.4 Å². The number of aromatic nitrogens is 1. The summed E-state index contributed by atoms with van der Waals surface area (Å²) in [6.07, 6.45) is 20.8. The lowest BCUT2D eigenvalue weighted by molar-refractivity contribution is -0.681. The van der Waals surface area contributed by atoms with Crippen LogP contribution in [0.25, 0.3) is 10.8 Å². The number of Topliss-reactive ketones (excluding diaryl/α,β-unsaturated/α-hetero) is 1. The minimum absolute atomic E-state index is 0. The van der Waals surface area contributed by atoms with Crippen LogP contribution in [0.3, 0.4) is 0 Å². The highest BCUT2D eigenvalue weighted by molar-refractivity contribution is 6.02. The number of methoxy groups -OCH3 is 1. The number of amides is 2. The molecule has 8 nitrogen and oxygen atoms in total. The maximum Gasteiger partial charge on any atom is 0.306 e. The van der Waals surface area contributed by atoms with Gasteiger partial charge in [-0.1, -0.05) is 90.0 Å². The van der Waals surface area contributed by atoms with Crippen LogP contribution in [0.4, 0.5) is 11.4 Å². The number of hydrogen-bond acceptors (Lipinski definition) is 5. The zero-order valence-electron chi connectivity index (χ0n) is 28.2. The van der Waals surface area contributed by atoms with Gasteiger partial charge in [0.1, 0.15) is 0 Å². The first kappa shape index (κ1) is 39.6. The zero-order valence-corrected chi connectivity index (χ0v) is 29.7. The van der Waals surface area contributed by atoms with Gasteiger partial charge in [-0.15, -0.1) is 0 Å². The third-order valence-electron chi connectivity index (χ3n) is 8.26. The number of ketones is 1. The summed E-state index contributed by atoms with van der Waals surface area (Å²) in [7, 11) is 1.29. The summed E-state index contributed by atoms with van der Waals surface area (Å²) in [6.45, 7) is 2.41. The van der Waals surface area contributed by atoms with Gasteiger partial charge in [-0.25, -0.2) is 0 Å². The van der Waals surface area contributed by atoms with Gasteiger partial charge >= 0.3 is 5.97 Å². The second-order valence-corrected chi connectivity index (χ2v) is 12.1. The molecule has 2 amide bonds. The molecule has 0 spiro atoms. The first-order valence-electron chi connectivity index (χ1n) is 17.1. The predicted molar refractivity (Wildman–Crippen MR) is 184 cm³/mol. The van der Waals surface area contributed by atoms with Gasteiger partial charge in [-0.3, -0.25) is 19.2 Å². The third kappa shape index (κ3) is 15.2. The number of nitrogens with zero attached hydrogens (tertiary/aromatic N) is 1. The fourth-order valence-corrected chi connectivity index (χ4v) is 5.53. The fraction of sp³-hybridized carbons (Fsp3) is 0.500. The molecule has 1 aromatic heterocycles. The highest BCUT2D eigenvalue weighted by Crippen LogP contribution is 2.22. The molecule has 2 N–H and O–H groups in total. The average Bonchev–Trinajstić information content (AvgIpc) is 3.06. The third-order valence-corrected chi connectivity index (χ3v) is 8.26. The van der Waals surface area contributed by atoms with E-state index < -0.39 is 5.97 Å². The minimum Gasteiger partial charge on any atom is -1.00 e. The number of unbranched alkanes of at least 4 members (excludes halogenated alkanes) is 12. The molecule has 47 heavy (non-hydrogen) atoms. The van der Waals surface area contributed by atoms with E-state index in [4.69, 9.17) is 0 Å². The largest absolute Gasteiger partial charge is 1.00 e. The molecule has 3 aromatic rings. The molecule has 0 radical (unpaired) electrons. The van der Waals surface area contributed by atoms with Crippen LogP contribution in [0.1, 0.15) is 120 Å². The Morgan fingerprint density at radius 3 is 1.89 bits per heavy atom. The summed E-state index contributed by atoms with van der Waals surface area (Å²) in [4.78, 5) is 49.0. The molecular formula is C38H52BrN3O5. The Morgan fingerprint density at radius 2 is 1.28 bits per heavy atom. The molecule has 2 aromatic carbocycles. The molecule has 0 aliphatic rings. The molecule has 0 atom stereocenters. The predicted octanol–water partition coefficient (Wildman–Crippen LogP) is 5.33. The number of benzene rings is 2. The lowest BCUT2D eigenvalue weighted by Gasteiger charge is -2.08. The van der Waals surface area contributed by atoms with Crippen molar-refractivity contribution >= 4 is 45.7 Å². The number of nitrogens with one attached hydrogen (secondary N) is 2. The molecular weight excluding hydrogens is 658 g/mol. The smallest absolute Gasteiger partial charge is 0.306 e. The van der Waals surface area contributed by atoms with E-state index in [1.165, 1.54) is 77.7 Å². The molecule has 1 heterocycles. The Bertz CT molecular complexity index is 1410. The van der Waals surface area contributed by atoms with Crippen LogP contribution in [-0.2, 0) is 25.7 Å². The van der Waals surface area contributed by atoms with Crippen LogP contribution < -0.4 is 32.2 Å². The second-order valence-electron chi connectivity index (χ2n) is 12.1. The quantitative estimate of drug-likeness (QED) is 0.0636. The van der Waals surface area contributed by atoms with Crippen LogP contribution in [0.15, 0.2) is 60.9 Å². The van der Waals surface area contributed by atoms with Gasteiger partial charge in [0.05, 0.1) is 13.5 Å². The highest BCUT2D eigenvalue weighted by atomic mass is 79.9. The number of rotatable bonds is 22. The average molecular weight is 711 g/mol. The lowest BCUT2D eigenvalue weighted by atomic mass is 10.0. The number of pyridine rings is 1. The van der Waals surface area contributed by atoms with Crippen LogP contribution in [0.5, 0.6) is 0 Å². The van der Waals surface area contributed by atoms with E-state index >= 15 is 0 Å². The summed E-state index contributed by atoms with van der Waals surface area (Å²) in [5, 5.41) is 7.49. The Hall–Kier alpha value is -3.59. The van der Waals surface area contributed by atoms with E-state index in [-0.39, 0.29) is 54.0 Å². The van der Waals surface area contributed by atoms with Gasteiger partial charge in [0, 0.05) is 46.6 Å². The molecule has 0 aliphatic carbocycles. The Morgan fingerprint density at radius 1 is 0.681 bits per heavy atom. The molecule has 0 bridgehead atoms. The maximum absolute atomic E-state index is 13.0. The van der Waals surface area contributed by atoms with Crippen molar-refractivity contribution in [1.29, 1.82) is 0 Å². The normalized spacial score (nSPS) is 10.7. The maximum atomic E-state index is 13.0. The number of halogens is 1. The van der Waals surface area contributed by atoms with Crippen molar-refractivity contribution in [2.24, 2.45) is 0 Å². The van der Waals surface area contributed by atoms with Gasteiger partial charge in [0.25, 0.3) is 0 Å². The van der Waals surface area contributed by atoms with Crippen molar-refractivity contribution in [3.05, 3.63) is 66.5 Å². The van der Waals surface area contributed by atoms with E-state index in [1.54, 1.807) is 41.1 Å². The highest BCUT2D eigenvalue weighted by Gasteiger charge is 2.15. The summed E-state index contributed by atoms with van der Waals surface area (Å²) in [6, 6.07) is 14.4. The number of ether oxygens (including phenoxy) is 1. The van der Waals surface area contributed by atoms with E-state index in [1.807, 2.05) is 24.4 Å². The minimum atomic E-state index is -0.432. The number of carbonyl (C=O) groups is 4. The number of esters is 1. The SMILES string of the molecule is CCCCCCCCCCCCCCCC(=O)Nc1ccc(C(=O)C[n+]2ccc3c(NC(=O)CCC(=O)OC)cccc3c2)cc1.[Br-]. The van der Waals surface area contributed by atoms with Crippen molar-refractivity contribution in [1.82, 2.24) is 0 Å². The Labute approximate surface area is 290 Å². The Balaban J connectivity index is 0.00000768. The zero-order chi connectivity index (χ0) is 33.0. The molecule has 0 saturated carbocycles. The summed E-state index contributed by atoms with van der Waals surface area (Å²) in [5.74, 6) is -0.753. The number of carbonyl (C=O) groups excluding carboxylic acids is 4. The molecule has 256 valence electrons. The molecule has 3 rings (SSSR count). The van der Waals surface area contributed by atoms with Crippen LogP contribution >= 0.6 is 0 Å². The van der Waals surface area contributed by atoms with Gasteiger partial charge in [-0.05, 0) is 42.8 Å². The van der Waals surface area contributed by atoms with E-state index in [0.29, 0.717) is 23.4 Å². The van der Waals surface area contributed by atoms with Crippen LogP contribution in [0, 0.1) is 0 Å². The van der Waals surface area contributed by atoms with E-state index in [9.17, 15) is 19.2 Å². The topological polar surface area (TPSA) is 105 Å². The first-order valence-corrected chi connectivity index (χ1v) is 17.1. The molecule has 0 unspecified atom stereocenters. The fourth-order valence-electron chi connectivity index (χ4n) is 5.53. The summed E-state index contributed by atoms with van der Waals surface area (Å²) < 4.78 is 6.40. The van der Waals surface area contributed by atoms with Crippen molar-refractivity contribution in [2.75, 3.05) is 17.7 Å². The summed E-state index contributed by atoms with van der Waals surface area (Å²) in [5.41, 5.74) is 1.89. The van der Waals surface area contributed by atoms with Crippen molar-refractivity contribution in [2.45, 2.75) is 116 Å². The number of fused-ring (bicyclic) bond motifs is 1. The van der Waals surface area contributed by atoms with E-state index in [0.717, 1.165) is 23.6 Å². The molecule has 9 heteroatoms. The van der Waals surface area contributed by atoms with Crippen LogP contribution in [0.2, 0.25) is 0 Å². The lowest BCUT2D eigenvalue weighted by Crippen LogP contribution is -3.00. The number of hydrogen-bond donors (Lipinski definition) is 2. The Kier molecular flexibility index (Phi) is 19.3. The van der Waals surface area contributed by atoms with Gasteiger partial charge < -0.3 is 32.4 Å². The van der Waals surface area contributed by atoms with Crippen molar-refractivity contribution < 1.29 is 45.5 Å². The van der Waals surface area contributed by atoms with E-state index in [2.05, 4.69) is 22.3 Å². The monoisotopic (exact) mass is 709 g/mol. The standard InChI is InChI=1S/C38H51N3O5.BrH/c1-3-4-5-6-7-8-9-10-11-12-13-14-15-19-36(43)39-32-22-20-30(21-23-32)35(42)29-41-27-26-33-31(28-41)17-16-18-34(33)40-37(44)24-25-38(45)46-2;/h16-18,20-23,26-28H,3-15,19,24-25,29H2,1-2H3,(H-,39,40,42,43,44);1H. The molecule has 0 aliphatic heterocycles. The van der Waals surface area contributed by atoms with Gasteiger partial charge in [-0.2, -0.15) is 4.57 Å². The van der Waals surface area contributed by atoms with Crippen LogP contribution in [-0.4, -0.2) is 30.7 Å². The van der Waals surface area contributed by atoms with Gasteiger partial charge in [0.2, 0.25) is 24.1 Å². The van der Waals surface area contributed by atoms with Crippen molar-refractivity contribution in [3.63, 3.8) is 0 Å². The van der Waals surface area contributed by atoms with Crippen molar-refractivity contribution in [3.8, 4) is 0 Å². The summed E-state index contributed by atoms with van der Waals surface area (Å²) >= 11 is 0.